The minimum Gasteiger partial charge on any atom is -0.489 e. The van der Waals surface area contributed by atoms with E-state index in [-0.39, 0.29) is 22.5 Å². The molecule has 18 heavy (non-hydrogen) atoms. The Hall–Kier alpha value is -1.40. The molecule has 0 aliphatic rings. The largest absolute Gasteiger partial charge is 0.489 e. The van der Waals surface area contributed by atoms with Crippen LogP contribution in [0.15, 0.2) is 29.0 Å². The topological polar surface area (TPSA) is 44.2 Å². The van der Waals surface area contributed by atoms with Gasteiger partial charge in [0.1, 0.15) is 6.33 Å². The minimum atomic E-state index is -0.519. The van der Waals surface area contributed by atoms with Gasteiger partial charge in [0.15, 0.2) is 16.7 Å². The lowest BCUT2D eigenvalue weighted by molar-refractivity contribution is 0.359. The number of hydrogen-bond acceptors (Lipinski definition) is 4. The average molecular weight is 334 g/mol. The summed E-state index contributed by atoms with van der Waals surface area (Å²) in [6.07, 6.45) is 1.20. The van der Waals surface area contributed by atoms with E-state index in [1.54, 1.807) is 6.07 Å². The van der Waals surface area contributed by atoms with E-state index in [1.165, 1.54) is 25.6 Å². The van der Waals surface area contributed by atoms with Gasteiger partial charge in [-0.2, -0.15) is 4.98 Å². The third-order valence-electron chi connectivity index (χ3n) is 2.03. The Kier molecular flexibility index (Phi) is 3.98. The summed E-state index contributed by atoms with van der Waals surface area (Å²) in [6, 6.07) is 4.31. The van der Waals surface area contributed by atoms with Crippen LogP contribution in [0.3, 0.4) is 0 Å². The van der Waals surface area contributed by atoms with Crippen molar-refractivity contribution in [1.29, 1.82) is 0 Å². The highest BCUT2D eigenvalue weighted by Gasteiger charge is 2.14. The molecule has 94 valence electrons. The summed E-state index contributed by atoms with van der Waals surface area (Å²) in [6.45, 7) is 0. The Morgan fingerprint density at radius 2 is 2.11 bits per heavy atom. The van der Waals surface area contributed by atoms with Crippen LogP contribution in [-0.4, -0.2) is 17.1 Å². The predicted molar refractivity (Wildman–Crippen MR) is 67.8 cm³/mol. The SMILES string of the molecule is COc1c(Cl)ncnc1Oc1cc(Br)ccc1F. The van der Waals surface area contributed by atoms with Gasteiger partial charge in [-0.1, -0.05) is 27.5 Å². The van der Waals surface area contributed by atoms with E-state index in [2.05, 4.69) is 25.9 Å². The molecule has 0 fully saturated rings. The first-order chi connectivity index (χ1) is 8.61. The van der Waals surface area contributed by atoms with Crippen LogP contribution in [0.5, 0.6) is 17.4 Å². The van der Waals surface area contributed by atoms with Gasteiger partial charge in [0, 0.05) is 4.47 Å². The third-order valence-corrected chi connectivity index (χ3v) is 2.79. The number of nitrogens with zero attached hydrogens (tertiary/aromatic N) is 2. The molecule has 0 saturated heterocycles. The maximum absolute atomic E-state index is 13.5. The Morgan fingerprint density at radius 3 is 2.83 bits per heavy atom. The molecule has 0 amide bonds. The van der Waals surface area contributed by atoms with Gasteiger partial charge < -0.3 is 9.47 Å². The predicted octanol–water partition coefficient (Wildman–Crippen LogP) is 3.83. The van der Waals surface area contributed by atoms with Crippen molar-refractivity contribution >= 4 is 27.5 Å². The first kappa shape index (κ1) is 13.0. The molecule has 0 spiro atoms. The van der Waals surface area contributed by atoms with Crippen LogP contribution < -0.4 is 9.47 Å². The van der Waals surface area contributed by atoms with Gasteiger partial charge in [0.2, 0.25) is 5.75 Å². The van der Waals surface area contributed by atoms with E-state index in [4.69, 9.17) is 21.1 Å². The number of hydrogen-bond donors (Lipinski definition) is 0. The van der Waals surface area contributed by atoms with Gasteiger partial charge in [-0.25, -0.2) is 9.37 Å². The van der Waals surface area contributed by atoms with E-state index >= 15 is 0 Å². The number of rotatable bonds is 3. The molecule has 4 nitrogen and oxygen atoms in total. The second kappa shape index (κ2) is 5.49. The average Bonchev–Trinajstić information content (AvgIpc) is 2.34. The molecule has 0 bridgehead atoms. The van der Waals surface area contributed by atoms with E-state index in [0.29, 0.717) is 4.47 Å². The lowest BCUT2D eigenvalue weighted by Crippen LogP contribution is -1.97. The Bertz CT molecular complexity index is 583. The fourth-order valence-electron chi connectivity index (χ4n) is 1.24. The number of halogens is 3. The van der Waals surface area contributed by atoms with E-state index < -0.39 is 5.82 Å². The molecule has 0 aliphatic heterocycles. The molecule has 1 aromatic heterocycles. The molecular formula is C11H7BrClFN2O2. The highest BCUT2D eigenvalue weighted by atomic mass is 79.9. The van der Waals surface area contributed by atoms with Crippen molar-refractivity contribution in [3.63, 3.8) is 0 Å². The number of ether oxygens (including phenoxy) is 2. The Labute approximate surface area is 116 Å². The molecule has 0 atom stereocenters. The van der Waals surface area contributed by atoms with E-state index in [9.17, 15) is 4.39 Å². The smallest absolute Gasteiger partial charge is 0.267 e. The number of benzene rings is 1. The number of methoxy groups -OCH3 is 1. The summed E-state index contributed by atoms with van der Waals surface area (Å²) in [5.41, 5.74) is 0. The molecule has 0 saturated carbocycles. The first-order valence-corrected chi connectivity index (χ1v) is 5.96. The molecular weight excluding hydrogens is 326 g/mol. The molecule has 0 N–H and O–H groups in total. The van der Waals surface area contributed by atoms with Crippen LogP contribution in [0.2, 0.25) is 5.15 Å². The third kappa shape index (κ3) is 2.70. The molecule has 1 aromatic carbocycles. The maximum atomic E-state index is 13.5. The van der Waals surface area contributed by atoms with Crippen LogP contribution in [0.25, 0.3) is 0 Å². The van der Waals surface area contributed by atoms with Gasteiger partial charge in [0.25, 0.3) is 5.88 Å². The van der Waals surface area contributed by atoms with Crippen molar-refractivity contribution in [3.05, 3.63) is 40.0 Å². The Balaban J connectivity index is 2.40. The lowest BCUT2D eigenvalue weighted by Gasteiger charge is -2.10. The first-order valence-electron chi connectivity index (χ1n) is 4.79. The lowest BCUT2D eigenvalue weighted by atomic mass is 10.3. The van der Waals surface area contributed by atoms with Crippen LogP contribution in [0.4, 0.5) is 4.39 Å². The van der Waals surface area contributed by atoms with Crippen molar-refractivity contribution < 1.29 is 13.9 Å². The van der Waals surface area contributed by atoms with Gasteiger partial charge >= 0.3 is 0 Å². The van der Waals surface area contributed by atoms with Crippen LogP contribution in [-0.2, 0) is 0 Å². The summed E-state index contributed by atoms with van der Waals surface area (Å²) in [7, 11) is 1.40. The standard InChI is InChI=1S/C11H7BrClFN2O2/c1-17-9-10(13)15-5-16-11(9)18-8-4-6(12)2-3-7(8)14/h2-5H,1H3. The zero-order chi connectivity index (χ0) is 13.1. The highest BCUT2D eigenvalue weighted by Crippen LogP contribution is 2.35. The Morgan fingerprint density at radius 1 is 1.33 bits per heavy atom. The molecule has 0 aliphatic carbocycles. The van der Waals surface area contributed by atoms with Crippen molar-refractivity contribution in [2.45, 2.75) is 0 Å². The summed E-state index contributed by atoms with van der Waals surface area (Å²) in [5, 5.41) is 0.0953. The van der Waals surface area contributed by atoms with Crippen LogP contribution >= 0.6 is 27.5 Å². The molecule has 7 heteroatoms. The molecule has 2 aromatic rings. The van der Waals surface area contributed by atoms with Crippen molar-refractivity contribution in [1.82, 2.24) is 9.97 Å². The van der Waals surface area contributed by atoms with E-state index in [1.807, 2.05) is 0 Å². The second-order valence-corrected chi connectivity index (χ2v) is 4.45. The van der Waals surface area contributed by atoms with Crippen molar-refractivity contribution in [2.75, 3.05) is 7.11 Å². The van der Waals surface area contributed by atoms with Gasteiger partial charge in [-0.3, -0.25) is 0 Å². The number of aromatic nitrogens is 2. The van der Waals surface area contributed by atoms with Crippen LogP contribution in [0, 0.1) is 5.82 Å². The maximum Gasteiger partial charge on any atom is 0.267 e. The van der Waals surface area contributed by atoms with Crippen LogP contribution in [0.1, 0.15) is 0 Å². The van der Waals surface area contributed by atoms with E-state index in [0.717, 1.165) is 0 Å². The quantitative estimate of drug-likeness (QED) is 0.801. The summed E-state index contributed by atoms with van der Waals surface area (Å²) in [5.74, 6) is -0.305. The highest BCUT2D eigenvalue weighted by molar-refractivity contribution is 9.10. The fraction of sp³-hybridized carbons (Fsp3) is 0.0909. The normalized spacial score (nSPS) is 10.2. The minimum absolute atomic E-state index is 0.0115. The zero-order valence-corrected chi connectivity index (χ0v) is 11.5. The fourth-order valence-corrected chi connectivity index (χ4v) is 1.78. The molecule has 0 radical (unpaired) electrons. The summed E-state index contributed by atoms with van der Waals surface area (Å²) >= 11 is 9.03. The summed E-state index contributed by atoms with van der Waals surface area (Å²) in [4.78, 5) is 7.59. The van der Waals surface area contributed by atoms with Gasteiger partial charge in [-0.05, 0) is 18.2 Å². The zero-order valence-electron chi connectivity index (χ0n) is 9.15. The monoisotopic (exact) mass is 332 g/mol. The summed E-state index contributed by atoms with van der Waals surface area (Å²) < 4.78 is 24.5. The van der Waals surface area contributed by atoms with Gasteiger partial charge in [0.05, 0.1) is 7.11 Å². The second-order valence-electron chi connectivity index (χ2n) is 3.18. The molecule has 2 rings (SSSR count). The van der Waals surface area contributed by atoms with Crippen molar-refractivity contribution in [2.24, 2.45) is 0 Å². The van der Waals surface area contributed by atoms with Gasteiger partial charge in [-0.15, -0.1) is 0 Å². The van der Waals surface area contributed by atoms with Crippen molar-refractivity contribution in [3.8, 4) is 17.4 Å². The molecule has 1 heterocycles. The molecule has 0 unspecified atom stereocenters.